The molecule has 0 N–H and O–H groups in total. The van der Waals surface area contributed by atoms with Crippen molar-refractivity contribution < 1.29 is 4.79 Å². The van der Waals surface area contributed by atoms with E-state index in [1.807, 2.05) is 11.0 Å². The topological polar surface area (TPSA) is 52.6 Å². The Morgan fingerprint density at radius 2 is 1.76 bits per heavy atom. The SMILES string of the molecule is Cc1sc2nc(Cc3ccccc3)nc(N3CCN(C(=O)N(C)C)CC3)c2c1C. The molecule has 7 heteroatoms. The summed E-state index contributed by atoms with van der Waals surface area (Å²) in [5, 5.41) is 1.16. The lowest BCUT2D eigenvalue weighted by Crippen LogP contribution is -2.51. The van der Waals surface area contributed by atoms with E-state index >= 15 is 0 Å². The molecule has 1 aliphatic heterocycles. The predicted molar refractivity (Wildman–Crippen MR) is 119 cm³/mol. The molecule has 1 saturated heterocycles. The lowest BCUT2D eigenvalue weighted by atomic mass is 10.1. The van der Waals surface area contributed by atoms with E-state index in [9.17, 15) is 4.79 Å². The van der Waals surface area contributed by atoms with Gasteiger partial charge in [0.15, 0.2) is 0 Å². The van der Waals surface area contributed by atoms with Gasteiger partial charge < -0.3 is 14.7 Å². The molecular weight excluding hydrogens is 382 g/mol. The number of aromatic nitrogens is 2. The fourth-order valence-electron chi connectivity index (χ4n) is 3.75. The van der Waals surface area contributed by atoms with Gasteiger partial charge in [-0.15, -0.1) is 11.3 Å². The summed E-state index contributed by atoms with van der Waals surface area (Å²) in [5.41, 5.74) is 2.47. The Kier molecular flexibility index (Phi) is 5.41. The molecule has 0 spiro atoms. The molecule has 2 amide bonds. The zero-order valence-corrected chi connectivity index (χ0v) is 18.3. The second kappa shape index (κ2) is 7.99. The normalized spacial score (nSPS) is 14.5. The zero-order valence-electron chi connectivity index (χ0n) is 17.5. The van der Waals surface area contributed by atoms with Crippen LogP contribution in [0.4, 0.5) is 10.6 Å². The number of anilines is 1. The molecule has 0 aliphatic carbocycles. The summed E-state index contributed by atoms with van der Waals surface area (Å²) in [6.07, 6.45) is 0.721. The molecule has 1 aromatic carbocycles. The number of rotatable bonds is 3. The maximum atomic E-state index is 12.3. The average Bonchev–Trinajstić information content (AvgIpc) is 3.01. The quantitative estimate of drug-likeness (QED) is 0.662. The van der Waals surface area contributed by atoms with Gasteiger partial charge in [0.25, 0.3) is 0 Å². The van der Waals surface area contributed by atoms with E-state index in [4.69, 9.17) is 9.97 Å². The van der Waals surface area contributed by atoms with Crippen LogP contribution in [0.1, 0.15) is 21.8 Å². The zero-order chi connectivity index (χ0) is 20.5. The number of carbonyl (C=O) groups is 1. The summed E-state index contributed by atoms with van der Waals surface area (Å²) < 4.78 is 0. The number of benzene rings is 1. The highest BCUT2D eigenvalue weighted by Gasteiger charge is 2.26. The Morgan fingerprint density at radius 3 is 2.41 bits per heavy atom. The van der Waals surface area contributed by atoms with Crippen molar-refractivity contribution >= 4 is 33.4 Å². The van der Waals surface area contributed by atoms with Crippen LogP contribution in [0.5, 0.6) is 0 Å². The average molecular weight is 410 g/mol. The van der Waals surface area contributed by atoms with Gasteiger partial charge >= 0.3 is 6.03 Å². The van der Waals surface area contributed by atoms with Crippen LogP contribution in [0.25, 0.3) is 10.2 Å². The highest BCUT2D eigenvalue weighted by atomic mass is 32.1. The van der Waals surface area contributed by atoms with Crippen LogP contribution in [0.2, 0.25) is 0 Å². The summed E-state index contributed by atoms with van der Waals surface area (Å²) >= 11 is 1.74. The lowest BCUT2D eigenvalue weighted by molar-refractivity contribution is 0.168. The third-order valence-electron chi connectivity index (χ3n) is 5.49. The number of amides is 2. The number of carbonyl (C=O) groups excluding carboxylic acids is 1. The molecule has 2 aromatic heterocycles. The summed E-state index contributed by atoms with van der Waals surface area (Å²) in [5.74, 6) is 1.87. The third kappa shape index (κ3) is 3.92. The highest BCUT2D eigenvalue weighted by Crippen LogP contribution is 2.35. The number of thiophene rings is 1. The molecule has 0 bridgehead atoms. The van der Waals surface area contributed by atoms with Crippen LogP contribution in [0.15, 0.2) is 30.3 Å². The molecule has 29 heavy (non-hydrogen) atoms. The van der Waals surface area contributed by atoms with E-state index in [-0.39, 0.29) is 6.03 Å². The first-order chi connectivity index (χ1) is 13.9. The van der Waals surface area contributed by atoms with E-state index in [2.05, 4.69) is 43.0 Å². The summed E-state index contributed by atoms with van der Waals surface area (Å²) in [7, 11) is 3.60. The van der Waals surface area contributed by atoms with Crippen molar-refractivity contribution in [3.05, 3.63) is 52.2 Å². The first kappa shape index (κ1) is 19.6. The van der Waals surface area contributed by atoms with Gasteiger partial charge in [0.1, 0.15) is 16.5 Å². The largest absolute Gasteiger partial charge is 0.352 e. The minimum Gasteiger partial charge on any atom is -0.352 e. The van der Waals surface area contributed by atoms with Gasteiger partial charge in [0.05, 0.1) is 5.39 Å². The van der Waals surface area contributed by atoms with Crippen LogP contribution in [-0.4, -0.2) is 66.1 Å². The van der Waals surface area contributed by atoms with Crippen LogP contribution < -0.4 is 4.90 Å². The molecule has 1 fully saturated rings. The van der Waals surface area contributed by atoms with Crippen LogP contribution in [0, 0.1) is 13.8 Å². The minimum absolute atomic E-state index is 0.0739. The van der Waals surface area contributed by atoms with Gasteiger partial charge in [-0.2, -0.15) is 0 Å². The lowest BCUT2D eigenvalue weighted by Gasteiger charge is -2.36. The third-order valence-corrected chi connectivity index (χ3v) is 6.59. The summed E-state index contributed by atoms with van der Waals surface area (Å²) in [6, 6.07) is 10.4. The number of hydrogen-bond acceptors (Lipinski definition) is 5. The Balaban J connectivity index is 1.66. The number of hydrogen-bond donors (Lipinski definition) is 0. The van der Waals surface area contributed by atoms with Gasteiger partial charge in [-0.1, -0.05) is 30.3 Å². The smallest absolute Gasteiger partial charge is 0.319 e. The number of nitrogens with zero attached hydrogens (tertiary/aromatic N) is 5. The molecular formula is C22H27N5OS. The number of piperazine rings is 1. The van der Waals surface area contributed by atoms with Crippen molar-refractivity contribution in [2.45, 2.75) is 20.3 Å². The van der Waals surface area contributed by atoms with E-state index in [0.29, 0.717) is 13.1 Å². The van der Waals surface area contributed by atoms with Crippen LogP contribution >= 0.6 is 11.3 Å². The van der Waals surface area contributed by atoms with Gasteiger partial charge in [-0.3, -0.25) is 0 Å². The molecule has 0 unspecified atom stereocenters. The first-order valence-corrected chi connectivity index (χ1v) is 10.8. The predicted octanol–water partition coefficient (Wildman–Crippen LogP) is 3.70. The summed E-state index contributed by atoms with van der Waals surface area (Å²) in [4.78, 5) is 30.4. The van der Waals surface area contributed by atoms with Gasteiger partial charge in [0.2, 0.25) is 0 Å². The molecule has 0 saturated carbocycles. The van der Waals surface area contributed by atoms with Crippen molar-refractivity contribution in [1.29, 1.82) is 0 Å². The number of aryl methyl sites for hydroxylation is 2. The van der Waals surface area contributed by atoms with Gasteiger partial charge in [-0.25, -0.2) is 14.8 Å². The molecule has 6 nitrogen and oxygen atoms in total. The molecule has 0 atom stereocenters. The molecule has 1 aliphatic rings. The second-order valence-electron chi connectivity index (χ2n) is 7.74. The Labute approximate surface area is 175 Å². The number of fused-ring (bicyclic) bond motifs is 1. The van der Waals surface area contributed by atoms with Gasteiger partial charge in [0, 0.05) is 51.6 Å². The van der Waals surface area contributed by atoms with Crippen molar-refractivity contribution in [1.82, 2.24) is 19.8 Å². The summed E-state index contributed by atoms with van der Waals surface area (Å²) in [6.45, 7) is 7.28. The standard InChI is InChI=1S/C22H27N5OS/c1-15-16(2)29-21-19(15)20(23-18(24-21)14-17-8-6-5-7-9-17)26-10-12-27(13-11-26)22(28)25(3)4/h5-9H,10-14H2,1-4H3. The van der Waals surface area contributed by atoms with Gasteiger partial charge in [-0.05, 0) is 25.0 Å². The first-order valence-electron chi connectivity index (χ1n) is 9.95. The van der Waals surface area contributed by atoms with Crippen LogP contribution in [0.3, 0.4) is 0 Å². The van der Waals surface area contributed by atoms with Crippen molar-refractivity contribution in [2.24, 2.45) is 0 Å². The van der Waals surface area contributed by atoms with Crippen molar-refractivity contribution in [3.8, 4) is 0 Å². The molecule has 152 valence electrons. The van der Waals surface area contributed by atoms with Crippen molar-refractivity contribution in [3.63, 3.8) is 0 Å². The molecule has 4 rings (SSSR count). The number of urea groups is 1. The second-order valence-corrected chi connectivity index (χ2v) is 8.94. The van der Waals surface area contributed by atoms with Crippen molar-refractivity contribution in [2.75, 3.05) is 45.2 Å². The van der Waals surface area contributed by atoms with E-state index in [0.717, 1.165) is 41.4 Å². The molecule has 3 heterocycles. The fraction of sp³-hybridized carbons (Fsp3) is 0.409. The maximum Gasteiger partial charge on any atom is 0.319 e. The van der Waals surface area contributed by atoms with E-state index in [1.54, 1.807) is 30.3 Å². The minimum atomic E-state index is 0.0739. The van der Waals surface area contributed by atoms with E-state index in [1.165, 1.54) is 16.0 Å². The fourth-order valence-corrected chi connectivity index (χ4v) is 4.79. The Morgan fingerprint density at radius 1 is 1.07 bits per heavy atom. The Bertz CT molecular complexity index is 1020. The highest BCUT2D eigenvalue weighted by molar-refractivity contribution is 7.18. The molecule has 3 aromatic rings. The monoisotopic (exact) mass is 409 g/mol. The molecule has 0 radical (unpaired) electrons. The Hall–Kier alpha value is -2.67. The van der Waals surface area contributed by atoms with Crippen LogP contribution in [-0.2, 0) is 6.42 Å². The van der Waals surface area contributed by atoms with E-state index < -0.39 is 0 Å². The maximum absolute atomic E-state index is 12.3.